The van der Waals surface area contributed by atoms with Gasteiger partial charge < -0.3 is 10.1 Å². The molecule has 2 unspecified atom stereocenters. The van der Waals surface area contributed by atoms with Crippen LogP contribution in [0.4, 0.5) is 0 Å². The second-order valence-electron chi connectivity index (χ2n) is 5.57. The van der Waals surface area contributed by atoms with Crippen LogP contribution < -0.4 is 5.32 Å². The summed E-state index contributed by atoms with van der Waals surface area (Å²) in [5, 5.41) is 3.41. The second kappa shape index (κ2) is 11.2. The standard InChI is InChI=1S/C18H30BrNO/c1-4-7-10-15(5-2)14-21-18(13-20-6-3)16-11-8-9-12-17(16)19/h8-9,11-12,15,18,20H,4-7,10,13-14H2,1-3H3. The maximum absolute atomic E-state index is 6.27. The van der Waals surface area contributed by atoms with Crippen molar-refractivity contribution in [3.05, 3.63) is 34.3 Å². The van der Waals surface area contributed by atoms with Crippen LogP contribution in [0.15, 0.2) is 28.7 Å². The van der Waals surface area contributed by atoms with E-state index in [0.717, 1.165) is 24.2 Å². The van der Waals surface area contributed by atoms with Crippen molar-refractivity contribution >= 4 is 15.9 Å². The Hall–Kier alpha value is -0.380. The van der Waals surface area contributed by atoms with Gasteiger partial charge in [0.25, 0.3) is 0 Å². The number of ether oxygens (including phenoxy) is 1. The summed E-state index contributed by atoms with van der Waals surface area (Å²) in [5.74, 6) is 0.677. The number of hydrogen-bond donors (Lipinski definition) is 1. The zero-order valence-electron chi connectivity index (χ0n) is 13.7. The van der Waals surface area contributed by atoms with Crippen LogP contribution in [-0.4, -0.2) is 19.7 Å². The first kappa shape index (κ1) is 18.7. The summed E-state index contributed by atoms with van der Waals surface area (Å²) in [6, 6.07) is 8.37. The van der Waals surface area contributed by atoms with Gasteiger partial charge in [0.2, 0.25) is 0 Å². The van der Waals surface area contributed by atoms with Gasteiger partial charge >= 0.3 is 0 Å². The van der Waals surface area contributed by atoms with E-state index in [1.54, 1.807) is 0 Å². The minimum absolute atomic E-state index is 0.121. The number of likely N-dealkylation sites (N-methyl/N-ethyl adjacent to an activating group) is 1. The molecule has 21 heavy (non-hydrogen) atoms. The molecule has 1 rings (SSSR count). The maximum atomic E-state index is 6.27. The van der Waals surface area contributed by atoms with Crippen molar-refractivity contribution in [3.63, 3.8) is 0 Å². The molecular formula is C18H30BrNO. The topological polar surface area (TPSA) is 21.3 Å². The van der Waals surface area contributed by atoms with Crippen LogP contribution in [0.25, 0.3) is 0 Å². The summed E-state index contributed by atoms with van der Waals surface area (Å²) < 4.78 is 7.40. The molecule has 0 fully saturated rings. The molecule has 1 N–H and O–H groups in total. The van der Waals surface area contributed by atoms with Crippen LogP contribution in [0.1, 0.15) is 58.1 Å². The third-order valence-electron chi connectivity index (χ3n) is 3.91. The SMILES string of the molecule is CCCCC(CC)COC(CNCC)c1ccccc1Br. The van der Waals surface area contributed by atoms with Gasteiger partial charge in [-0.25, -0.2) is 0 Å². The largest absolute Gasteiger partial charge is 0.372 e. The molecule has 0 saturated carbocycles. The van der Waals surface area contributed by atoms with Gasteiger partial charge in [-0.15, -0.1) is 0 Å². The first-order valence-corrected chi connectivity index (χ1v) is 9.08. The Balaban J connectivity index is 2.63. The average Bonchev–Trinajstić information content (AvgIpc) is 2.51. The van der Waals surface area contributed by atoms with Crippen molar-refractivity contribution in [2.24, 2.45) is 5.92 Å². The molecule has 0 amide bonds. The van der Waals surface area contributed by atoms with E-state index in [0.29, 0.717) is 5.92 Å². The summed E-state index contributed by atoms with van der Waals surface area (Å²) in [4.78, 5) is 0. The fourth-order valence-corrected chi connectivity index (χ4v) is 2.96. The molecule has 0 saturated heterocycles. The summed E-state index contributed by atoms with van der Waals surface area (Å²) >= 11 is 3.65. The molecular weight excluding hydrogens is 326 g/mol. The highest BCUT2D eigenvalue weighted by Crippen LogP contribution is 2.27. The molecule has 0 aliphatic carbocycles. The maximum Gasteiger partial charge on any atom is 0.0960 e. The fraction of sp³-hybridized carbons (Fsp3) is 0.667. The molecule has 0 spiro atoms. The zero-order chi connectivity index (χ0) is 15.5. The highest BCUT2D eigenvalue weighted by molar-refractivity contribution is 9.10. The monoisotopic (exact) mass is 355 g/mol. The molecule has 0 bridgehead atoms. The highest BCUT2D eigenvalue weighted by atomic mass is 79.9. The number of halogens is 1. The van der Waals surface area contributed by atoms with Crippen molar-refractivity contribution < 1.29 is 4.74 Å². The van der Waals surface area contributed by atoms with E-state index in [1.165, 1.54) is 31.2 Å². The number of nitrogens with one attached hydrogen (secondary N) is 1. The van der Waals surface area contributed by atoms with Crippen molar-refractivity contribution in [1.82, 2.24) is 5.32 Å². The number of benzene rings is 1. The van der Waals surface area contributed by atoms with Crippen molar-refractivity contribution in [2.45, 2.75) is 52.6 Å². The lowest BCUT2D eigenvalue weighted by molar-refractivity contribution is 0.0249. The number of rotatable bonds is 11. The summed E-state index contributed by atoms with van der Waals surface area (Å²) in [6.07, 6.45) is 5.16. The van der Waals surface area contributed by atoms with E-state index in [-0.39, 0.29) is 6.10 Å². The molecule has 0 aliphatic heterocycles. The molecule has 120 valence electrons. The van der Waals surface area contributed by atoms with E-state index < -0.39 is 0 Å². The summed E-state index contributed by atoms with van der Waals surface area (Å²) in [5.41, 5.74) is 1.24. The fourth-order valence-electron chi connectivity index (χ4n) is 2.42. The molecule has 0 aliphatic rings. The van der Waals surface area contributed by atoms with E-state index in [2.05, 4.69) is 60.2 Å². The summed E-state index contributed by atoms with van der Waals surface area (Å²) in [6.45, 7) is 9.34. The Kier molecular flexibility index (Phi) is 9.98. The minimum Gasteiger partial charge on any atom is -0.372 e. The van der Waals surface area contributed by atoms with Gasteiger partial charge in [0.1, 0.15) is 0 Å². The molecule has 2 atom stereocenters. The van der Waals surface area contributed by atoms with Gasteiger partial charge in [-0.1, -0.05) is 74.2 Å². The lowest BCUT2D eigenvalue weighted by Crippen LogP contribution is -2.25. The molecule has 0 aromatic heterocycles. The second-order valence-corrected chi connectivity index (χ2v) is 6.42. The highest BCUT2D eigenvalue weighted by Gasteiger charge is 2.16. The van der Waals surface area contributed by atoms with Crippen LogP contribution >= 0.6 is 15.9 Å². The van der Waals surface area contributed by atoms with Gasteiger partial charge in [0, 0.05) is 11.0 Å². The molecule has 1 aromatic rings. The van der Waals surface area contributed by atoms with E-state index in [9.17, 15) is 0 Å². The van der Waals surface area contributed by atoms with Crippen molar-refractivity contribution in [1.29, 1.82) is 0 Å². The van der Waals surface area contributed by atoms with Crippen LogP contribution in [0, 0.1) is 5.92 Å². The van der Waals surface area contributed by atoms with Crippen LogP contribution in [0.2, 0.25) is 0 Å². The Morgan fingerprint density at radius 3 is 2.57 bits per heavy atom. The van der Waals surface area contributed by atoms with Gasteiger partial charge in [0.05, 0.1) is 12.7 Å². The Morgan fingerprint density at radius 1 is 1.19 bits per heavy atom. The van der Waals surface area contributed by atoms with Gasteiger partial charge in [-0.2, -0.15) is 0 Å². The molecule has 1 aromatic carbocycles. The van der Waals surface area contributed by atoms with E-state index in [4.69, 9.17) is 4.74 Å². The lowest BCUT2D eigenvalue weighted by Gasteiger charge is -2.23. The average molecular weight is 356 g/mol. The predicted octanol–water partition coefficient (Wildman–Crippen LogP) is 5.33. The minimum atomic E-state index is 0.121. The van der Waals surface area contributed by atoms with Gasteiger partial charge in [-0.05, 0) is 30.5 Å². The summed E-state index contributed by atoms with van der Waals surface area (Å²) in [7, 11) is 0. The molecule has 3 heteroatoms. The molecule has 0 radical (unpaired) electrons. The first-order chi connectivity index (χ1) is 10.2. The number of unbranched alkanes of at least 4 members (excludes halogenated alkanes) is 1. The Labute approximate surface area is 138 Å². The van der Waals surface area contributed by atoms with Crippen LogP contribution in [0.5, 0.6) is 0 Å². The predicted molar refractivity (Wildman–Crippen MR) is 94.7 cm³/mol. The Bertz CT molecular complexity index is 383. The van der Waals surface area contributed by atoms with Crippen molar-refractivity contribution in [2.75, 3.05) is 19.7 Å². The number of hydrogen-bond acceptors (Lipinski definition) is 2. The van der Waals surface area contributed by atoms with Crippen LogP contribution in [-0.2, 0) is 4.74 Å². The van der Waals surface area contributed by atoms with Crippen LogP contribution in [0.3, 0.4) is 0 Å². The smallest absolute Gasteiger partial charge is 0.0960 e. The lowest BCUT2D eigenvalue weighted by atomic mass is 10.0. The Morgan fingerprint density at radius 2 is 1.95 bits per heavy atom. The van der Waals surface area contributed by atoms with Gasteiger partial charge in [0.15, 0.2) is 0 Å². The van der Waals surface area contributed by atoms with Gasteiger partial charge in [-0.3, -0.25) is 0 Å². The first-order valence-electron chi connectivity index (χ1n) is 8.29. The quantitative estimate of drug-likeness (QED) is 0.578. The normalized spacial score (nSPS) is 14.1. The molecule has 2 nitrogen and oxygen atoms in total. The molecule has 0 heterocycles. The third kappa shape index (κ3) is 6.94. The zero-order valence-corrected chi connectivity index (χ0v) is 15.3. The van der Waals surface area contributed by atoms with E-state index in [1.807, 2.05) is 6.07 Å². The third-order valence-corrected chi connectivity index (χ3v) is 4.63. The van der Waals surface area contributed by atoms with E-state index >= 15 is 0 Å². The van der Waals surface area contributed by atoms with Crippen molar-refractivity contribution in [3.8, 4) is 0 Å².